The Kier molecular flexibility index (Phi) is 6.43. The molecule has 1 fully saturated rings. The molecule has 0 aromatic carbocycles. The Bertz CT molecular complexity index is 307. The normalized spacial score (nSPS) is 17.7. The number of nitrogens with zero attached hydrogens (tertiary/aromatic N) is 1. The lowest BCUT2D eigenvalue weighted by Crippen LogP contribution is -2.36. The monoisotopic (exact) mass is 253 g/mol. The molecular weight excluding hydrogens is 230 g/mol. The van der Waals surface area contributed by atoms with E-state index < -0.39 is 0 Å². The number of nitrogens with two attached hydrogens (primary N) is 1. The average molecular weight is 253 g/mol. The predicted molar refractivity (Wildman–Crippen MR) is 71.5 cm³/mol. The van der Waals surface area contributed by atoms with Crippen molar-refractivity contribution in [2.75, 3.05) is 26.2 Å². The van der Waals surface area contributed by atoms with Crippen molar-refractivity contribution in [2.45, 2.75) is 26.2 Å². The van der Waals surface area contributed by atoms with Crippen LogP contribution in [0.25, 0.3) is 0 Å². The highest BCUT2D eigenvalue weighted by molar-refractivity contribution is 5.75. The molecule has 3 N–H and O–H groups in total. The third-order valence-electron chi connectivity index (χ3n) is 3.15. The fourth-order valence-corrected chi connectivity index (χ4v) is 2.14. The summed E-state index contributed by atoms with van der Waals surface area (Å²) in [5, 5.41) is 7.41. The molecule has 0 spiro atoms. The van der Waals surface area contributed by atoms with E-state index in [0.717, 1.165) is 38.0 Å². The molecule has 5 nitrogen and oxygen atoms in total. The van der Waals surface area contributed by atoms with Crippen LogP contribution in [0.4, 0.5) is 0 Å². The molecule has 1 aliphatic heterocycles. The van der Waals surface area contributed by atoms with Gasteiger partial charge in [0.2, 0.25) is 0 Å². The van der Waals surface area contributed by atoms with Crippen molar-refractivity contribution >= 4 is 12.2 Å². The van der Waals surface area contributed by atoms with Crippen LogP contribution in [0, 0.1) is 11.3 Å². The Hall–Kier alpha value is -1.36. The van der Waals surface area contributed by atoms with E-state index in [0.29, 0.717) is 13.2 Å². The van der Waals surface area contributed by atoms with Crippen LogP contribution >= 0.6 is 0 Å². The second-order valence-corrected chi connectivity index (χ2v) is 4.36. The van der Waals surface area contributed by atoms with Crippen LogP contribution in [0.3, 0.4) is 0 Å². The van der Waals surface area contributed by atoms with E-state index >= 15 is 0 Å². The first-order chi connectivity index (χ1) is 8.72. The van der Waals surface area contributed by atoms with E-state index in [4.69, 9.17) is 15.9 Å². The van der Waals surface area contributed by atoms with Crippen LogP contribution in [0.5, 0.6) is 0 Å². The highest BCUT2D eigenvalue weighted by Gasteiger charge is 2.26. The van der Waals surface area contributed by atoms with Crippen LogP contribution in [0.15, 0.2) is 11.8 Å². The number of allylic oxidation sites excluding steroid dienone is 1. The van der Waals surface area contributed by atoms with Gasteiger partial charge in [-0.3, -0.25) is 4.79 Å². The molecule has 1 saturated heterocycles. The number of nitrogens with one attached hydrogen (secondary N) is 1. The van der Waals surface area contributed by atoms with Crippen LogP contribution in [-0.2, 0) is 9.53 Å². The number of carbonyl (C=O) groups is 1. The third-order valence-corrected chi connectivity index (χ3v) is 3.15. The second-order valence-electron chi connectivity index (χ2n) is 4.36. The van der Waals surface area contributed by atoms with Gasteiger partial charge in [0.1, 0.15) is 0 Å². The number of piperidine rings is 1. The van der Waals surface area contributed by atoms with Gasteiger partial charge in [0, 0.05) is 19.3 Å². The predicted octanol–water partition coefficient (Wildman–Crippen LogP) is 1.14. The molecule has 102 valence electrons. The summed E-state index contributed by atoms with van der Waals surface area (Å²) in [4.78, 5) is 13.7. The largest absolute Gasteiger partial charge is 0.466 e. The molecule has 1 aliphatic rings. The topological polar surface area (TPSA) is 79.4 Å². The number of hydrogen-bond acceptors (Lipinski definition) is 5. The molecule has 0 unspecified atom stereocenters. The Morgan fingerprint density at radius 1 is 1.50 bits per heavy atom. The zero-order valence-electron chi connectivity index (χ0n) is 11.0. The lowest BCUT2D eigenvalue weighted by molar-refractivity contribution is -0.149. The molecule has 0 bridgehead atoms. The van der Waals surface area contributed by atoms with Gasteiger partial charge >= 0.3 is 5.97 Å². The van der Waals surface area contributed by atoms with E-state index in [1.807, 2.05) is 13.0 Å². The van der Waals surface area contributed by atoms with Crippen molar-refractivity contribution < 1.29 is 9.53 Å². The number of ether oxygens (including phenoxy) is 1. The third kappa shape index (κ3) is 4.14. The molecule has 5 heteroatoms. The number of likely N-dealkylation sites (tertiary alicyclic amines) is 1. The van der Waals surface area contributed by atoms with E-state index in [-0.39, 0.29) is 11.9 Å². The number of esters is 1. The molecule has 0 saturated carbocycles. The number of rotatable bonds is 6. The van der Waals surface area contributed by atoms with Gasteiger partial charge in [-0.2, -0.15) is 0 Å². The van der Waals surface area contributed by atoms with Crippen LogP contribution < -0.4 is 5.73 Å². The Labute approximate surface area is 108 Å². The maximum Gasteiger partial charge on any atom is 0.309 e. The van der Waals surface area contributed by atoms with Crippen molar-refractivity contribution in [3.8, 4) is 0 Å². The minimum atomic E-state index is -0.0838. The molecule has 0 amide bonds. The first-order valence-corrected chi connectivity index (χ1v) is 6.55. The fraction of sp³-hybridized carbons (Fsp3) is 0.692. The Morgan fingerprint density at radius 3 is 2.67 bits per heavy atom. The fourth-order valence-electron chi connectivity index (χ4n) is 2.14. The molecule has 0 aromatic heterocycles. The molecule has 0 aliphatic carbocycles. The van der Waals surface area contributed by atoms with Gasteiger partial charge in [-0.05, 0) is 32.7 Å². The van der Waals surface area contributed by atoms with Gasteiger partial charge in [-0.1, -0.05) is 6.08 Å². The zero-order chi connectivity index (χ0) is 13.4. The molecule has 0 aromatic rings. The SMILES string of the molecule is CCOC(=O)C1CCN(/C(C=N)=C/CCN)CC1. The Morgan fingerprint density at radius 2 is 2.17 bits per heavy atom. The van der Waals surface area contributed by atoms with Gasteiger partial charge in [-0.25, -0.2) is 0 Å². The average Bonchev–Trinajstić information content (AvgIpc) is 2.40. The quantitative estimate of drug-likeness (QED) is 0.549. The molecule has 18 heavy (non-hydrogen) atoms. The lowest BCUT2D eigenvalue weighted by atomic mass is 9.96. The van der Waals surface area contributed by atoms with E-state index in [2.05, 4.69) is 4.90 Å². The summed E-state index contributed by atoms with van der Waals surface area (Å²) < 4.78 is 5.03. The van der Waals surface area contributed by atoms with E-state index in [9.17, 15) is 4.79 Å². The summed E-state index contributed by atoms with van der Waals surface area (Å²) in [6.07, 6.45) is 5.72. The summed E-state index contributed by atoms with van der Waals surface area (Å²) in [6.45, 7) is 4.47. The summed E-state index contributed by atoms with van der Waals surface area (Å²) in [5.74, 6) is -0.0674. The van der Waals surface area contributed by atoms with Crippen LogP contribution in [-0.4, -0.2) is 43.3 Å². The van der Waals surface area contributed by atoms with Crippen molar-refractivity contribution in [1.29, 1.82) is 5.41 Å². The lowest BCUT2D eigenvalue weighted by Gasteiger charge is -2.32. The molecule has 1 rings (SSSR count). The Balaban J connectivity index is 2.47. The van der Waals surface area contributed by atoms with Gasteiger partial charge in [-0.15, -0.1) is 0 Å². The minimum Gasteiger partial charge on any atom is -0.466 e. The summed E-state index contributed by atoms with van der Waals surface area (Å²) in [5.41, 5.74) is 6.36. The number of carbonyl (C=O) groups excluding carboxylic acids is 1. The summed E-state index contributed by atoms with van der Waals surface area (Å²) in [7, 11) is 0. The maximum absolute atomic E-state index is 11.6. The zero-order valence-corrected chi connectivity index (χ0v) is 11.0. The molecular formula is C13H23N3O2. The highest BCUT2D eigenvalue weighted by Crippen LogP contribution is 2.21. The minimum absolute atomic E-state index is 0.0164. The van der Waals surface area contributed by atoms with Crippen molar-refractivity contribution in [3.63, 3.8) is 0 Å². The first kappa shape index (κ1) is 14.7. The van der Waals surface area contributed by atoms with Crippen LogP contribution in [0.2, 0.25) is 0 Å². The molecule has 0 atom stereocenters. The number of hydrogen-bond donors (Lipinski definition) is 2. The summed E-state index contributed by atoms with van der Waals surface area (Å²) >= 11 is 0. The summed E-state index contributed by atoms with van der Waals surface area (Å²) in [6, 6.07) is 0. The van der Waals surface area contributed by atoms with Crippen molar-refractivity contribution in [3.05, 3.63) is 11.8 Å². The maximum atomic E-state index is 11.6. The van der Waals surface area contributed by atoms with Gasteiger partial charge in [0.25, 0.3) is 0 Å². The second kappa shape index (κ2) is 7.87. The van der Waals surface area contributed by atoms with Crippen LogP contribution in [0.1, 0.15) is 26.2 Å². The van der Waals surface area contributed by atoms with Gasteiger partial charge < -0.3 is 20.8 Å². The first-order valence-electron chi connectivity index (χ1n) is 6.55. The van der Waals surface area contributed by atoms with Gasteiger partial charge in [0.15, 0.2) is 0 Å². The van der Waals surface area contributed by atoms with Crippen molar-refractivity contribution in [2.24, 2.45) is 11.7 Å². The molecule has 1 heterocycles. The van der Waals surface area contributed by atoms with E-state index in [1.165, 1.54) is 6.21 Å². The highest BCUT2D eigenvalue weighted by atomic mass is 16.5. The smallest absolute Gasteiger partial charge is 0.309 e. The van der Waals surface area contributed by atoms with Gasteiger partial charge in [0.05, 0.1) is 18.2 Å². The van der Waals surface area contributed by atoms with E-state index in [1.54, 1.807) is 0 Å². The molecule has 0 radical (unpaired) electrons. The standard InChI is InChI=1S/C13H23N3O2/c1-2-18-13(17)11-5-8-16(9-6-11)12(10-15)4-3-7-14/h4,10-11,15H,2-3,5-9,14H2,1H3/b12-4+,15-10?. The van der Waals surface area contributed by atoms with Crippen molar-refractivity contribution in [1.82, 2.24) is 4.90 Å².